The summed E-state index contributed by atoms with van der Waals surface area (Å²) in [5, 5.41) is 0. The van der Waals surface area contributed by atoms with Crippen molar-refractivity contribution in [1.82, 2.24) is 0 Å². The number of carbonyl (C=O) groups excluding carboxylic acids is 2. The molecule has 4 nitrogen and oxygen atoms in total. The number of allylic oxidation sites excluding steroid dienone is 1. The van der Waals surface area contributed by atoms with Gasteiger partial charge in [-0.25, -0.2) is 4.79 Å². The van der Waals surface area contributed by atoms with Gasteiger partial charge in [-0.3, -0.25) is 4.79 Å². The van der Waals surface area contributed by atoms with Gasteiger partial charge in [-0.05, 0) is 178 Å². The van der Waals surface area contributed by atoms with E-state index in [1.54, 1.807) is 29.8 Å². The lowest BCUT2D eigenvalue weighted by Gasteiger charge is -2.58. The maximum absolute atomic E-state index is 13.4. The molecule has 0 N–H and O–H groups in total. The number of fused-ring (bicyclic) bond motifs is 5. The second-order valence-corrected chi connectivity index (χ2v) is 21.2. The van der Waals surface area contributed by atoms with Crippen LogP contribution in [0.4, 0.5) is 0 Å². The standard InChI is InChI=1S/C51H78O4/c1-7-8-9-13-37-22-30-51(31-23-37)32-24-39(25-33-51)48(53)54-41-17-14-38(15-18-41)47(52)55-42-26-28-49(5)40(34-42)16-19-43-45-21-20-44(36(4)12-10-11-35(2)3)50(45,6)29-27-46(43)49/h14-18,35-37,39,42-46H,7-13,19-34H2,1-6H3/t36?,37?,39?,42-,43?,44+,45?,46?,49-,50+,51?/m0/s1. The van der Waals surface area contributed by atoms with Crippen LogP contribution in [0.3, 0.4) is 0 Å². The number of hydrogen-bond acceptors (Lipinski definition) is 4. The fourth-order valence-electron chi connectivity index (χ4n) is 14.1. The Morgan fingerprint density at radius 3 is 2.22 bits per heavy atom. The number of hydrogen-bond donors (Lipinski definition) is 0. The molecule has 0 heterocycles. The number of ether oxygens (including phenoxy) is 2. The quantitative estimate of drug-likeness (QED) is 0.0871. The predicted octanol–water partition coefficient (Wildman–Crippen LogP) is 14.1. The molecule has 0 amide bonds. The van der Waals surface area contributed by atoms with Gasteiger partial charge in [0.25, 0.3) is 0 Å². The summed E-state index contributed by atoms with van der Waals surface area (Å²) < 4.78 is 12.1. The van der Waals surface area contributed by atoms with Crippen molar-refractivity contribution < 1.29 is 19.1 Å². The van der Waals surface area contributed by atoms with Crippen molar-refractivity contribution in [3.05, 3.63) is 41.5 Å². The van der Waals surface area contributed by atoms with Gasteiger partial charge in [-0.1, -0.05) is 98.1 Å². The molecule has 55 heavy (non-hydrogen) atoms. The summed E-state index contributed by atoms with van der Waals surface area (Å²) in [4.78, 5) is 26.6. The van der Waals surface area contributed by atoms with Gasteiger partial charge in [0.1, 0.15) is 11.9 Å². The zero-order valence-corrected chi connectivity index (χ0v) is 36.0. The molecule has 5 fully saturated rings. The summed E-state index contributed by atoms with van der Waals surface area (Å²) in [5.41, 5.74) is 3.31. The molecular weight excluding hydrogens is 677 g/mol. The highest BCUT2D eigenvalue weighted by molar-refractivity contribution is 5.89. The zero-order valence-electron chi connectivity index (χ0n) is 36.0. The van der Waals surface area contributed by atoms with E-state index in [9.17, 15) is 9.59 Å². The Balaban J connectivity index is 0.871. The first kappa shape index (κ1) is 41.1. The van der Waals surface area contributed by atoms with Crippen molar-refractivity contribution in [2.45, 2.75) is 195 Å². The molecular formula is C51H78O4. The van der Waals surface area contributed by atoms with Crippen LogP contribution in [0.25, 0.3) is 0 Å². The molecule has 1 spiro atoms. The minimum atomic E-state index is -0.258. The Labute approximate surface area is 336 Å². The van der Waals surface area contributed by atoms with Crippen LogP contribution in [0.1, 0.15) is 200 Å². The number of benzene rings is 1. The van der Waals surface area contributed by atoms with E-state index < -0.39 is 0 Å². The van der Waals surface area contributed by atoms with Gasteiger partial charge in [0.05, 0.1) is 11.5 Å². The van der Waals surface area contributed by atoms with Crippen LogP contribution >= 0.6 is 0 Å². The fourth-order valence-corrected chi connectivity index (χ4v) is 14.1. The molecule has 4 unspecified atom stereocenters. The minimum absolute atomic E-state index is 0.0137. The van der Waals surface area contributed by atoms with E-state index in [-0.39, 0.29) is 29.4 Å². The lowest BCUT2D eigenvalue weighted by Crippen LogP contribution is -2.51. The molecule has 1 aromatic rings. The smallest absolute Gasteiger partial charge is 0.338 e. The third-order valence-corrected chi connectivity index (χ3v) is 17.6. The lowest BCUT2D eigenvalue weighted by atomic mass is 9.47. The van der Waals surface area contributed by atoms with Gasteiger partial charge in [0.2, 0.25) is 0 Å². The molecule has 1 aromatic carbocycles. The Kier molecular flexibility index (Phi) is 13.0. The van der Waals surface area contributed by atoms with Gasteiger partial charge in [-0.15, -0.1) is 0 Å². The summed E-state index contributed by atoms with van der Waals surface area (Å²) in [6.07, 6.45) is 31.6. The maximum atomic E-state index is 13.4. The van der Waals surface area contributed by atoms with E-state index >= 15 is 0 Å². The number of esters is 2. The van der Waals surface area contributed by atoms with E-state index in [4.69, 9.17) is 9.47 Å². The number of unbranched alkanes of at least 4 members (excludes halogenated alkanes) is 2. The van der Waals surface area contributed by atoms with Crippen molar-refractivity contribution in [2.24, 2.45) is 63.6 Å². The van der Waals surface area contributed by atoms with Crippen LogP contribution in [-0.4, -0.2) is 18.0 Å². The van der Waals surface area contributed by atoms with Crippen LogP contribution < -0.4 is 4.74 Å². The molecule has 6 aliphatic rings. The Morgan fingerprint density at radius 2 is 1.51 bits per heavy atom. The lowest BCUT2D eigenvalue weighted by molar-refractivity contribution is -0.141. The highest BCUT2D eigenvalue weighted by atomic mass is 16.5. The topological polar surface area (TPSA) is 52.6 Å². The average molecular weight is 755 g/mol. The van der Waals surface area contributed by atoms with Crippen LogP contribution in [0, 0.1) is 63.6 Å². The minimum Gasteiger partial charge on any atom is -0.458 e. The molecule has 8 atom stereocenters. The maximum Gasteiger partial charge on any atom is 0.338 e. The number of rotatable bonds is 13. The summed E-state index contributed by atoms with van der Waals surface area (Å²) in [6, 6.07) is 7.10. The normalized spacial score (nSPS) is 37.7. The molecule has 0 saturated heterocycles. The van der Waals surface area contributed by atoms with Crippen molar-refractivity contribution in [3.8, 4) is 5.75 Å². The molecule has 0 radical (unpaired) electrons. The van der Waals surface area contributed by atoms with Crippen LogP contribution in [0.5, 0.6) is 5.75 Å². The molecule has 5 saturated carbocycles. The van der Waals surface area contributed by atoms with Gasteiger partial charge in [-0.2, -0.15) is 0 Å². The number of carbonyl (C=O) groups is 2. The monoisotopic (exact) mass is 755 g/mol. The van der Waals surface area contributed by atoms with Crippen molar-refractivity contribution in [1.29, 1.82) is 0 Å². The summed E-state index contributed by atoms with van der Waals surface area (Å²) in [6.45, 7) is 14.8. The predicted molar refractivity (Wildman–Crippen MR) is 225 cm³/mol. The molecule has 7 rings (SSSR count). The van der Waals surface area contributed by atoms with Crippen molar-refractivity contribution in [3.63, 3.8) is 0 Å². The Bertz CT molecular complexity index is 1470. The van der Waals surface area contributed by atoms with Crippen LogP contribution in [0.15, 0.2) is 35.9 Å². The Morgan fingerprint density at radius 1 is 0.782 bits per heavy atom. The van der Waals surface area contributed by atoms with E-state index in [1.807, 2.05) is 0 Å². The molecule has 0 aromatic heterocycles. The van der Waals surface area contributed by atoms with Crippen molar-refractivity contribution >= 4 is 11.9 Å². The van der Waals surface area contributed by atoms with E-state index in [1.165, 1.54) is 103 Å². The molecule has 306 valence electrons. The van der Waals surface area contributed by atoms with Gasteiger partial charge < -0.3 is 9.47 Å². The van der Waals surface area contributed by atoms with Gasteiger partial charge in [0, 0.05) is 6.42 Å². The van der Waals surface area contributed by atoms with E-state index in [2.05, 4.69) is 47.6 Å². The van der Waals surface area contributed by atoms with E-state index in [0.717, 1.165) is 86.4 Å². The Hall–Kier alpha value is -2.10. The second kappa shape index (κ2) is 17.4. The summed E-state index contributed by atoms with van der Waals surface area (Å²) in [7, 11) is 0. The zero-order chi connectivity index (χ0) is 38.8. The second-order valence-electron chi connectivity index (χ2n) is 21.2. The first-order valence-corrected chi connectivity index (χ1v) is 23.7. The van der Waals surface area contributed by atoms with Gasteiger partial charge >= 0.3 is 11.9 Å². The SMILES string of the molecule is CCCCCC1CCC2(CC1)CCC(C(=O)Oc1ccc(C(=O)O[C@H]3CC[C@@]4(C)C(=CCC5C4CC[C@@]4(C)C5CC[C@@H]4C(C)CCCC(C)C)C3)cc1)CC2. The summed E-state index contributed by atoms with van der Waals surface area (Å²) >= 11 is 0. The largest absolute Gasteiger partial charge is 0.458 e. The van der Waals surface area contributed by atoms with Crippen molar-refractivity contribution in [2.75, 3.05) is 0 Å². The third kappa shape index (κ3) is 8.84. The van der Waals surface area contributed by atoms with Crippen LogP contribution in [0.2, 0.25) is 0 Å². The summed E-state index contributed by atoms with van der Waals surface area (Å²) in [5.74, 6) is 6.07. The molecule has 0 bridgehead atoms. The molecule has 4 heteroatoms. The third-order valence-electron chi connectivity index (χ3n) is 17.6. The highest BCUT2D eigenvalue weighted by Gasteiger charge is 2.59. The average Bonchev–Trinajstić information content (AvgIpc) is 3.53. The van der Waals surface area contributed by atoms with E-state index in [0.29, 0.717) is 22.1 Å². The fraction of sp³-hybridized carbons (Fsp3) is 0.804. The first-order valence-electron chi connectivity index (χ1n) is 23.7. The van der Waals surface area contributed by atoms with Gasteiger partial charge in [0.15, 0.2) is 0 Å². The first-order chi connectivity index (χ1) is 26.4. The van der Waals surface area contributed by atoms with Crippen LogP contribution in [-0.2, 0) is 9.53 Å². The molecule has 0 aliphatic heterocycles. The highest BCUT2D eigenvalue weighted by Crippen LogP contribution is 2.67. The molecule has 6 aliphatic carbocycles.